The predicted octanol–water partition coefficient (Wildman–Crippen LogP) is 4.90. The topological polar surface area (TPSA) is 58.6 Å². The highest BCUT2D eigenvalue weighted by Gasteiger charge is 2.33. The minimum absolute atomic E-state index is 0.0828. The summed E-state index contributed by atoms with van der Waals surface area (Å²) in [5.41, 5.74) is 4.37. The van der Waals surface area contributed by atoms with Crippen LogP contribution in [0.5, 0.6) is 5.75 Å². The summed E-state index contributed by atoms with van der Waals surface area (Å²) in [5, 5.41) is 2.93. The fraction of sp³-hybridized carbons (Fsp3) is 0.310. The Labute approximate surface area is 201 Å². The second-order valence-corrected chi connectivity index (χ2v) is 9.07. The molecule has 2 atom stereocenters. The van der Waals surface area contributed by atoms with Gasteiger partial charge in [-0.15, -0.1) is 0 Å². The molecule has 0 bridgehead atoms. The molecule has 1 aliphatic heterocycles. The van der Waals surface area contributed by atoms with Gasteiger partial charge in [0, 0.05) is 19.0 Å². The summed E-state index contributed by atoms with van der Waals surface area (Å²) in [6, 6.07) is 25.7. The summed E-state index contributed by atoms with van der Waals surface area (Å²) >= 11 is 0. The zero-order valence-corrected chi connectivity index (χ0v) is 20.0. The molecule has 4 rings (SSSR count). The quantitative estimate of drug-likeness (QED) is 0.550. The lowest BCUT2D eigenvalue weighted by molar-refractivity contribution is -0.136. The number of carbonyl (C=O) groups is 2. The number of hydrogen-bond donors (Lipinski definition) is 1. The van der Waals surface area contributed by atoms with Crippen LogP contribution in [-0.2, 0) is 22.6 Å². The van der Waals surface area contributed by atoms with E-state index in [0.717, 1.165) is 23.1 Å². The molecule has 0 spiro atoms. The summed E-state index contributed by atoms with van der Waals surface area (Å²) in [4.78, 5) is 27.7. The smallest absolute Gasteiger partial charge is 0.261 e. The summed E-state index contributed by atoms with van der Waals surface area (Å²) < 4.78 is 6.04. The minimum atomic E-state index is -0.645. The van der Waals surface area contributed by atoms with Crippen LogP contribution in [0.25, 0.3) is 0 Å². The van der Waals surface area contributed by atoms with Crippen LogP contribution < -0.4 is 10.1 Å². The summed E-state index contributed by atoms with van der Waals surface area (Å²) in [6.45, 7) is 6.77. The molecule has 5 heteroatoms. The molecule has 0 aromatic heterocycles. The average molecular weight is 457 g/mol. The zero-order valence-electron chi connectivity index (χ0n) is 20.0. The largest absolute Gasteiger partial charge is 0.481 e. The van der Waals surface area contributed by atoms with E-state index < -0.39 is 6.10 Å². The SMILES string of the molecule is CC(C)C(=O)N1CCc2ccc(O[C@H](C)C(=O)NCc3ccccc3)cc2[C@H]1c1ccccc1. The standard InChI is InChI=1S/C29H32N2O3/c1-20(2)29(33)31-17-16-23-14-15-25(18-26(23)27(31)24-12-8-5-9-13-24)34-21(3)28(32)30-19-22-10-6-4-7-11-22/h4-15,18,20-21,27H,16-17,19H2,1-3H3,(H,30,32)/t21-,27-/m1/s1. The van der Waals surface area contributed by atoms with Crippen molar-refractivity contribution in [3.63, 3.8) is 0 Å². The zero-order chi connectivity index (χ0) is 24.1. The van der Waals surface area contributed by atoms with Crippen molar-refractivity contribution in [2.75, 3.05) is 6.54 Å². The van der Waals surface area contributed by atoms with Crippen molar-refractivity contribution < 1.29 is 14.3 Å². The van der Waals surface area contributed by atoms with Crippen LogP contribution in [0.3, 0.4) is 0 Å². The molecule has 0 radical (unpaired) electrons. The number of nitrogens with zero attached hydrogens (tertiary/aromatic N) is 1. The molecular weight excluding hydrogens is 424 g/mol. The van der Waals surface area contributed by atoms with Crippen LogP contribution in [0.2, 0.25) is 0 Å². The van der Waals surface area contributed by atoms with E-state index >= 15 is 0 Å². The van der Waals surface area contributed by atoms with Gasteiger partial charge in [-0.05, 0) is 47.7 Å². The van der Waals surface area contributed by atoms with Crippen molar-refractivity contribution in [2.45, 2.75) is 45.9 Å². The summed E-state index contributed by atoms with van der Waals surface area (Å²) in [6.07, 6.45) is 0.152. The first kappa shape index (κ1) is 23.6. The highest BCUT2D eigenvalue weighted by atomic mass is 16.5. The molecule has 3 aromatic carbocycles. The molecule has 0 aliphatic carbocycles. The number of nitrogens with one attached hydrogen (secondary N) is 1. The van der Waals surface area contributed by atoms with Crippen LogP contribution in [0.1, 0.15) is 49.1 Å². The number of fused-ring (bicyclic) bond motifs is 1. The maximum atomic E-state index is 13.1. The van der Waals surface area contributed by atoms with Crippen LogP contribution >= 0.6 is 0 Å². The molecule has 34 heavy (non-hydrogen) atoms. The molecule has 176 valence electrons. The van der Waals surface area contributed by atoms with E-state index in [2.05, 4.69) is 23.5 Å². The van der Waals surface area contributed by atoms with E-state index in [1.54, 1.807) is 6.92 Å². The lowest BCUT2D eigenvalue weighted by Gasteiger charge is -2.39. The van der Waals surface area contributed by atoms with Crippen molar-refractivity contribution in [2.24, 2.45) is 5.92 Å². The first-order valence-electron chi connectivity index (χ1n) is 11.9. The summed E-state index contributed by atoms with van der Waals surface area (Å²) in [5.74, 6) is 0.513. The van der Waals surface area contributed by atoms with Gasteiger partial charge in [-0.1, -0.05) is 80.6 Å². The molecule has 1 heterocycles. The molecule has 5 nitrogen and oxygen atoms in total. The Morgan fingerprint density at radius 2 is 1.65 bits per heavy atom. The monoisotopic (exact) mass is 456 g/mol. The van der Waals surface area contributed by atoms with E-state index in [9.17, 15) is 9.59 Å². The van der Waals surface area contributed by atoms with E-state index in [1.165, 1.54) is 5.56 Å². The van der Waals surface area contributed by atoms with Gasteiger partial charge in [0.2, 0.25) is 5.91 Å². The third kappa shape index (κ3) is 5.30. The van der Waals surface area contributed by atoms with E-state index in [1.807, 2.05) is 79.4 Å². The molecule has 0 fully saturated rings. The lowest BCUT2D eigenvalue weighted by atomic mass is 9.87. The van der Waals surface area contributed by atoms with Gasteiger partial charge >= 0.3 is 0 Å². The van der Waals surface area contributed by atoms with Crippen LogP contribution in [0.4, 0.5) is 0 Å². The van der Waals surface area contributed by atoms with E-state index in [4.69, 9.17) is 4.74 Å². The van der Waals surface area contributed by atoms with Crippen LogP contribution in [0.15, 0.2) is 78.9 Å². The number of hydrogen-bond acceptors (Lipinski definition) is 3. The van der Waals surface area contributed by atoms with Gasteiger partial charge in [-0.3, -0.25) is 9.59 Å². The Morgan fingerprint density at radius 3 is 2.32 bits per heavy atom. The third-order valence-corrected chi connectivity index (χ3v) is 6.23. The maximum Gasteiger partial charge on any atom is 0.261 e. The molecule has 0 unspecified atom stereocenters. The van der Waals surface area contributed by atoms with E-state index in [0.29, 0.717) is 18.8 Å². The van der Waals surface area contributed by atoms with Gasteiger partial charge in [-0.2, -0.15) is 0 Å². The number of benzene rings is 3. The molecular formula is C29H32N2O3. The Bertz CT molecular complexity index is 1130. The van der Waals surface area contributed by atoms with Gasteiger partial charge in [0.1, 0.15) is 5.75 Å². The average Bonchev–Trinajstić information content (AvgIpc) is 2.87. The fourth-order valence-corrected chi connectivity index (χ4v) is 4.42. The van der Waals surface area contributed by atoms with Gasteiger partial charge in [0.15, 0.2) is 6.10 Å². The predicted molar refractivity (Wildman–Crippen MR) is 133 cm³/mol. The Hall–Kier alpha value is -3.60. The minimum Gasteiger partial charge on any atom is -0.481 e. The normalized spacial score (nSPS) is 16.0. The Kier molecular flexibility index (Phi) is 7.31. The number of amides is 2. The van der Waals surface area contributed by atoms with Gasteiger partial charge in [0.25, 0.3) is 5.91 Å². The van der Waals surface area contributed by atoms with E-state index in [-0.39, 0.29) is 23.8 Å². The van der Waals surface area contributed by atoms with Gasteiger partial charge in [0.05, 0.1) is 6.04 Å². The first-order chi connectivity index (χ1) is 16.4. The number of ether oxygens (including phenoxy) is 1. The number of carbonyl (C=O) groups excluding carboxylic acids is 2. The third-order valence-electron chi connectivity index (χ3n) is 6.23. The van der Waals surface area contributed by atoms with Crippen molar-refractivity contribution in [3.05, 3.63) is 101 Å². The second kappa shape index (κ2) is 10.6. The second-order valence-electron chi connectivity index (χ2n) is 9.07. The Morgan fingerprint density at radius 1 is 0.971 bits per heavy atom. The van der Waals surface area contributed by atoms with Gasteiger partial charge < -0.3 is 15.0 Å². The van der Waals surface area contributed by atoms with Gasteiger partial charge in [-0.25, -0.2) is 0 Å². The van der Waals surface area contributed by atoms with Crippen molar-refractivity contribution in [1.82, 2.24) is 10.2 Å². The molecule has 1 aliphatic rings. The van der Waals surface area contributed by atoms with Crippen molar-refractivity contribution in [3.8, 4) is 5.75 Å². The van der Waals surface area contributed by atoms with Crippen molar-refractivity contribution in [1.29, 1.82) is 0 Å². The molecule has 0 saturated carbocycles. The molecule has 1 N–H and O–H groups in total. The van der Waals surface area contributed by atoms with Crippen LogP contribution in [0, 0.1) is 5.92 Å². The number of rotatable bonds is 7. The fourth-order valence-electron chi connectivity index (χ4n) is 4.42. The van der Waals surface area contributed by atoms with Crippen molar-refractivity contribution >= 4 is 11.8 Å². The van der Waals surface area contributed by atoms with Crippen LogP contribution in [-0.4, -0.2) is 29.4 Å². The Balaban J connectivity index is 1.55. The first-order valence-corrected chi connectivity index (χ1v) is 11.9. The highest BCUT2D eigenvalue weighted by Crippen LogP contribution is 2.38. The maximum absolute atomic E-state index is 13.1. The molecule has 3 aromatic rings. The molecule has 2 amide bonds. The molecule has 0 saturated heterocycles. The lowest BCUT2D eigenvalue weighted by Crippen LogP contribution is -2.42. The summed E-state index contributed by atoms with van der Waals surface area (Å²) in [7, 11) is 0. The highest BCUT2D eigenvalue weighted by molar-refractivity contribution is 5.81.